The minimum atomic E-state index is -4.65. The van der Waals surface area contributed by atoms with Crippen LogP contribution in [0.25, 0.3) is 10.6 Å². The smallest absolute Gasteiger partial charge is 0.370 e. The largest absolute Gasteiger partial charge is 0.418 e. The van der Waals surface area contributed by atoms with Gasteiger partial charge in [0.15, 0.2) is 0 Å². The average molecular weight is 489 g/mol. The molecule has 0 spiro atoms. The number of thiophene rings is 1. The molecule has 0 unspecified atom stereocenters. The molecular weight excluding hydrogens is 479 g/mol. The van der Waals surface area contributed by atoms with Crippen molar-refractivity contribution in [3.8, 4) is 16.6 Å². The molecule has 0 amide bonds. The number of benzene rings is 1. The number of aromatic nitrogens is 2. The predicted octanol–water partition coefficient (Wildman–Crippen LogP) is 5.79. The van der Waals surface area contributed by atoms with Crippen LogP contribution in [-0.2, 0) is 12.6 Å². The van der Waals surface area contributed by atoms with E-state index in [4.69, 9.17) is 5.26 Å². The maximum Gasteiger partial charge on any atom is 0.418 e. The number of nitriles is 1. The third kappa shape index (κ3) is 4.89. The third-order valence-corrected chi connectivity index (χ3v) is 5.37. The van der Waals surface area contributed by atoms with Crippen molar-refractivity contribution in [3.63, 3.8) is 0 Å². The highest BCUT2D eigenvalue weighted by molar-refractivity contribution is 9.10. The molecule has 2 heterocycles. The van der Waals surface area contributed by atoms with Crippen LogP contribution in [0.4, 0.5) is 27.8 Å². The molecule has 150 valence electrons. The molecule has 0 aliphatic carbocycles. The molecule has 1 N–H and O–H groups in total. The number of hydrogen-bond acceptors (Lipinski definition) is 5. The summed E-state index contributed by atoms with van der Waals surface area (Å²) >= 11 is 3.68. The molecule has 0 aliphatic heterocycles. The van der Waals surface area contributed by atoms with Gasteiger partial charge in [-0.3, -0.25) is 0 Å². The number of halogens is 6. The Morgan fingerprint density at radius 1 is 1.10 bits per heavy atom. The highest BCUT2D eigenvalue weighted by Crippen LogP contribution is 2.39. The zero-order chi connectivity index (χ0) is 21.2. The van der Waals surface area contributed by atoms with E-state index in [-0.39, 0.29) is 39.4 Å². The quantitative estimate of drug-likeness (QED) is 0.461. The monoisotopic (exact) mass is 488 g/mol. The molecule has 3 rings (SSSR count). The molecule has 0 bridgehead atoms. The SMILES string of the molecule is N#Cc1sc(-c2cc(NCCc3c(F)cc(Br)cc3F)ncn2)cc1C(F)(F)F. The molecule has 0 radical (unpaired) electrons. The molecule has 4 nitrogen and oxygen atoms in total. The number of nitrogens with one attached hydrogen (secondary N) is 1. The lowest BCUT2D eigenvalue weighted by molar-refractivity contribution is -0.137. The van der Waals surface area contributed by atoms with Crippen LogP contribution < -0.4 is 5.32 Å². The fourth-order valence-corrected chi connectivity index (χ4v) is 3.87. The van der Waals surface area contributed by atoms with Crippen molar-refractivity contribution in [3.05, 3.63) is 62.7 Å². The summed E-state index contributed by atoms with van der Waals surface area (Å²) in [4.78, 5) is 7.60. The molecule has 0 aliphatic rings. The van der Waals surface area contributed by atoms with Gasteiger partial charge in [0.25, 0.3) is 0 Å². The van der Waals surface area contributed by atoms with E-state index in [1.165, 1.54) is 12.1 Å². The molecular formula is C18H10BrF5N4S. The molecule has 1 aromatic carbocycles. The van der Waals surface area contributed by atoms with Gasteiger partial charge >= 0.3 is 6.18 Å². The lowest BCUT2D eigenvalue weighted by Gasteiger charge is -2.08. The minimum Gasteiger partial charge on any atom is -0.370 e. The van der Waals surface area contributed by atoms with Crippen LogP contribution in [0.5, 0.6) is 0 Å². The summed E-state index contributed by atoms with van der Waals surface area (Å²) < 4.78 is 67.0. The molecule has 11 heteroatoms. The van der Waals surface area contributed by atoms with Crippen molar-refractivity contribution in [2.75, 3.05) is 11.9 Å². The Bertz CT molecular complexity index is 1070. The van der Waals surface area contributed by atoms with Gasteiger partial charge in [-0.2, -0.15) is 18.4 Å². The lowest BCUT2D eigenvalue weighted by atomic mass is 10.1. The van der Waals surface area contributed by atoms with Crippen LogP contribution in [-0.4, -0.2) is 16.5 Å². The van der Waals surface area contributed by atoms with Crippen molar-refractivity contribution < 1.29 is 22.0 Å². The standard InChI is InChI=1S/C18H10BrF5N4S/c19-9-3-12(20)10(13(21)4-9)1-2-26-17-6-14(27-8-28-17)15-5-11(18(22,23)24)16(7-25)29-15/h3-6,8H,1-2H2,(H,26,27,28). The van der Waals surface area contributed by atoms with Gasteiger partial charge in [-0.25, -0.2) is 18.7 Å². The van der Waals surface area contributed by atoms with Gasteiger partial charge in [0.1, 0.15) is 34.7 Å². The van der Waals surface area contributed by atoms with E-state index < -0.39 is 28.3 Å². The van der Waals surface area contributed by atoms with Gasteiger partial charge in [0.2, 0.25) is 0 Å². The van der Waals surface area contributed by atoms with E-state index >= 15 is 0 Å². The topological polar surface area (TPSA) is 61.6 Å². The zero-order valence-electron chi connectivity index (χ0n) is 14.3. The summed E-state index contributed by atoms with van der Waals surface area (Å²) in [6, 6.07) is 6.12. The molecule has 29 heavy (non-hydrogen) atoms. The van der Waals surface area contributed by atoms with Gasteiger partial charge in [0.05, 0.1) is 16.1 Å². The third-order valence-electron chi connectivity index (χ3n) is 3.85. The molecule has 0 saturated heterocycles. The van der Waals surface area contributed by atoms with Crippen molar-refractivity contribution >= 4 is 33.1 Å². The van der Waals surface area contributed by atoms with E-state index in [1.54, 1.807) is 0 Å². The molecule has 3 aromatic rings. The first-order chi connectivity index (χ1) is 13.7. The normalized spacial score (nSPS) is 11.3. The minimum absolute atomic E-state index is 0.0279. The van der Waals surface area contributed by atoms with Crippen molar-refractivity contribution in [1.29, 1.82) is 5.26 Å². The van der Waals surface area contributed by atoms with Gasteiger partial charge in [0, 0.05) is 22.6 Å². The van der Waals surface area contributed by atoms with Gasteiger partial charge in [-0.15, -0.1) is 11.3 Å². The second kappa shape index (κ2) is 8.42. The lowest BCUT2D eigenvalue weighted by Crippen LogP contribution is -2.09. The first kappa shape index (κ1) is 21.1. The van der Waals surface area contributed by atoms with Crippen LogP contribution in [0.15, 0.2) is 35.1 Å². The van der Waals surface area contributed by atoms with E-state index in [0.29, 0.717) is 11.3 Å². The van der Waals surface area contributed by atoms with Gasteiger partial charge in [-0.1, -0.05) is 15.9 Å². The van der Waals surface area contributed by atoms with Crippen LogP contribution in [0, 0.1) is 23.0 Å². The average Bonchev–Trinajstić information content (AvgIpc) is 3.09. The second-order valence-electron chi connectivity index (χ2n) is 5.78. The first-order valence-electron chi connectivity index (χ1n) is 8.00. The summed E-state index contributed by atoms with van der Waals surface area (Å²) in [5, 5.41) is 11.8. The Hall–Kier alpha value is -2.58. The highest BCUT2D eigenvalue weighted by atomic mass is 79.9. The van der Waals surface area contributed by atoms with E-state index in [1.807, 2.05) is 0 Å². The van der Waals surface area contributed by atoms with E-state index in [0.717, 1.165) is 24.5 Å². The second-order valence-corrected chi connectivity index (χ2v) is 7.74. The van der Waals surface area contributed by atoms with Crippen LogP contribution in [0.3, 0.4) is 0 Å². The van der Waals surface area contributed by atoms with Crippen molar-refractivity contribution in [1.82, 2.24) is 9.97 Å². The Morgan fingerprint density at radius 2 is 1.79 bits per heavy atom. The highest BCUT2D eigenvalue weighted by Gasteiger charge is 2.35. The number of alkyl halides is 3. The molecule has 0 atom stereocenters. The van der Waals surface area contributed by atoms with E-state index in [9.17, 15) is 22.0 Å². The number of nitrogens with zero attached hydrogens (tertiary/aromatic N) is 3. The Morgan fingerprint density at radius 3 is 2.38 bits per heavy atom. The summed E-state index contributed by atoms with van der Waals surface area (Å²) in [7, 11) is 0. The summed E-state index contributed by atoms with van der Waals surface area (Å²) in [5.74, 6) is -1.11. The fraction of sp³-hybridized carbons (Fsp3) is 0.167. The number of anilines is 1. The van der Waals surface area contributed by atoms with Crippen LogP contribution in [0.2, 0.25) is 0 Å². The molecule has 0 fully saturated rings. The van der Waals surface area contributed by atoms with Crippen molar-refractivity contribution in [2.24, 2.45) is 0 Å². The Labute approximate surface area is 174 Å². The summed E-state index contributed by atoms with van der Waals surface area (Å²) in [6.07, 6.45) is -3.47. The Balaban J connectivity index is 1.76. The van der Waals surface area contributed by atoms with Gasteiger partial charge < -0.3 is 5.32 Å². The molecule has 2 aromatic heterocycles. The zero-order valence-corrected chi connectivity index (χ0v) is 16.7. The van der Waals surface area contributed by atoms with Crippen LogP contribution >= 0.6 is 27.3 Å². The molecule has 0 saturated carbocycles. The maximum atomic E-state index is 13.9. The van der Waals surface area contributed by atoms with Gasteiger partial charge in [-0.05, 0) is 24.6 Å². The maximum absolute atomic E-state index is 13.9. The van der Waals surface area contributed by atoms with E-state index in [2.05, 4.69) is 31.2 Å². The number of rotatable bonds is 5. The Kier molecular flexibility index (Phi) is 6.14. The fourth-order valence-electron chi connectivity index (χ4n) is 2.53. The van der Waals surface area contributed by atoms with Crippen LogP contribution in [0.1, 0.15) is 16.0 Å². The first-order valence-corrected chi connectivity index (χ1v) is 9.61. The van der Waals surface area contributed by atoms with Crippen molar-refractivity contribution in [2.45, 2.75) is 12.6 Å². The predicted molar refractivity (Wildman–Crippen MR) is 101 cm³/mol. The number of hydrogen-bond donors (Lipinski definition) is 1. The summed E-state index contributed by atoms with van der Waals surface area (Å²) in [6.45, 7) is 0.133. The summed E-state index contributed by atoms with van der Waals surface area (Å²) in [5.41, 5.74) is -0.920.